The van der Waals surface area contributed by atoms with Gasteiger partial charge in [0, 0.05) is 41.3 Å². The van der Waals surface area contributed by atoms with Crippen molar-refractivity contribution in [1.29, 1.82) is 0 Å². The largest absolute Gasteiger partial charge is 0.288 e. The Morgan fingerprint density at radius 3 is 2.61 bits per heavy atom. The smallest absolute Gasteiger partial charge is 0.287 e. The molecule has 0 fully saturated rings. The Hall–Kier alpha value is -3.16. The highest BCUT2D eigenvalue weighted by atomic mass is 35.5. The number of fused-ring (bicyclic) bond motifs is 2. The molecule has 5 aromatic rings. The van der Waals surface area contributed by atoms with Crippen LogP contribution in [0.2, 0.25) is 5.15 Å². The van der Waals surface area contributed by atoms with Crippen LogP contribution in [0.1, 0.15) is 0 Å². The highest BCUT2D eigenvalue weighted by Gasteiger charge is 2.28. The Kier molecular flexibility index (Phi) is 3.75. The van der Waals surface area contributed by atoms with Crippen molar-refractivity contribution in [2.75, 3.05) is 0 Å². The number of halogens is 1. The highest BCUT2D eigenvalue weighted by Crippen LogP contribution is 2.34. The van der Waals surface area contributed by atoms with Crippen LogP contribution in [0.25, 0.3) is 27.7 Å². The maximum atomic E-state index is 13.6. The summed E-state index contributed by atoms with van der Waals surface area (Å²) in [4.78, 5) is 8.33. The number of pyridine rings is 2. The van der Waals surface area contributed by atoms with Crippen LogP contribution in [0, 0.1) is 0 Å². The van der Waals surface area contributed by atoms with E-state index in [1.165, 1.54) is 8.37 Å². The van der Waals surface area contributed by atoms with Gasteiger partial charge in [0.2, 0.25) is 0 Å². The second-order valence-electron chi connectivity index (χ2n) is 6.24. The average Bonchev–Trinajstić information content (AvgIpc) is 3.26. The molecule has 6 nitrogen and oxygen atoms in total. The molecule has 0 N–H and O–H groups in total. The summed E-state index contributed by atoms with van der Waals surface area (Å²) in [5.41, 5.74) is 2.63. The van der Waals surface area contributed by atoms with Crippen LogP contribution in [0.3, 0.4) is 0 Å². The third-order valence-corrected chi connectivity index (χ3v) is 6.67. The van der Waals surface area contributed by atoms with Crippen molar-refractivity contribution in [3.8, 4) is 11.1 Å². The van der Waals surface area contributed by atoms with Crippen molar-refractivity contribution < 1.29 is 8.42 Å². The maximum absolute atomic E-state index is 13.6. The Morgan fingerprint density at radius 2 is 1.79 bits per heavy atom. The lowest BCUT2D eigenvalue weighted by Gasteiger charge is -2.07. The summed E-state index contributed by atoms with van der Waals surface area (Å²) in [5.74, 6) is 0. The SMILES string of the molecule is O=S(=O)(c1c(Cl)nc2ccccn12)n1cc(-c2cccnc2)c2ccccc21. The van der Waals surface area contributed by atoms with E-state index >= 15 is 0 Å². The Labute approximate surface area is 165 Å². The predicted octanol–water partition coefficient (Wildman–Crippen LogP) is 4.24. The quantitative estimate of drug-likeness (QED) is 0.447. The summed E-state index contributed by atoms with van der Waals surface area (Å²) in [5, 5.41) is 0.680. The molecule has 4 aromatic heterocycles. The summed E-state index contributed by atoms with van der Waals surface area (Å²) in [6, 6.07) is 16.3. The first-order valence-electron chi connectivity index (χ1n) is 8.46. The molecule has 0 atom stereocenters. The van der Waals surface area contributed by atoms with Gasteiger partial charge in [-0.3, -0.25) is 9.38 Å². The van der Waals surface area contributed by atoms with Crippen LogP contribution < -0.4 is 0 Å². The van der Waals surface area contributed by atoms with E-state index in [0.717, 1.165) is 16.5 Å². The fourth-order valence-electron chi connectivity index (χ4n) is 3.37. The molecule has 0 spiro atoms. The Balaban J connectivity index is 1.83. The molecule has 138 valence electrons. The van der Waals surface area contributed by atoms with Gasteiger partial charge in [0.05, 0.1) is 5.52 Å². The molecular weight excluding hydrogens is 396 g/mol. The van der Waals surface area contributed by atoms with Crippen LogP contribution in [-0.4, -0.2) is 26.8 Å². The number of nitrogens with zero attached hydrogens (tertiary/aromatic N) is 4. The van der Waals surface area contributed by atoms with Gasteiger partial charge in [-0.15, -0.1) is 0 Å². The van der Waals surface area contributed by atoms with E-state index in [9.17, 15) is 8.42 Å². The average molecular weight is 409 g/mol. The molecule has 0 unspecified atom stereocenters. The van der Waals surface area contributed by atoms with E-state index < -0.39 is 10.0 Å². The second kappa shape index (κ2) is 6.19. The number of para-hydroxylation sites is 1. The minimum atomic E-state index is -4.00. The number of imidazole rings is 1. The first-order chi connectivity index (χ1) is 13.6. The number of hydrogen-bond acceptors (Lipinski definition) is 4. The molecule has 8 heteroatoms. The standard InChI is InChI=1S/C20H13ClN4O2S/c21-19-20(24-11-4-3-9-18(24)23-19)28(26,27)25-13-16(14-6-5-10-22-12-14)15-7-1-2-8-17(15)25/h1-13H. The van der Waals surface area contributed by atoms with Gasteiger partial charge in [0.15, 0.2) is 10.2 Å². The lowest BCUT2D eigenvalue weighted by molar-refractivity contribution is 0.584. The zero-order valence-corrected chi connectivity index (χ0v) is 16.0. The van der Waals surface area contributed by atoms with Gasteiger partial charge in [-0.05, 0) is 24.3 Å². The molecule has 0 saturated heterocycles. The van der Waals surface area contributed by atoms with Crippen LogP contribution in [-0.2, 0) is 10.0 Å². The Morgan fingerprint density at radius 1 is 0.964 bits per heavy atom. The monoisotopic (exact) mass is 408 g/mol. The molecule has 5 rings (SSSR count). The van der Waals surface area contributed by atoms with Crippen molar-refractivity contribution in [2.24, 2.45) is 0 Å². The number of aromatic nitrogens is 4. The normalized spacial score (nSPS) is 12.0. The molecule has 0 amide bonds. The number of hydrogen-bond donors (Lipinski definition) is 0. The molecule has 0 aliphatic carbocycles. The lowest BCUT2D eigenvalue weighted by Crippen LogP contribution is -2.14. The molecule has 0 aliphatic rings. The minimum absolute atomic E-state index is 0.0630. The summed E-state index contributed by atoms with van der Waals surface area (Å²) in [7, 11) is -4.00. The molecule has 0 aliphatic heterocycles. The zero-order chi connectivity index (χ0) is 19.3. The van der Waals surface area contributed by atoms with Crippen molar-refractivity contribution in [3.05, 3.63) is 84.5 Å². The molecule has 28 heavy (non-hydrogen) atoms. The van der Waals surface area contributed by atoms with Gasteiger partial charge in [-0.25, -0.2) is 8.96 Å². The minimum Gasteiger partial charge on any atom is -0.288 e. The van der Waals surface area contributed by atoms with Crippen molar-refractivity contribution >= 4 is 38.2 Å². The molecule has 0 radical (unpaired) electrons. The summed E-state index contributed by atoms with van der Waals surface area (Å²) >= 11 is 6.24. The summed E-state index contributed by atoms with van der Waals surface area (Å²) < 4.78 is 29.9. The second-order valence-corrected chi connectivity index (χ2v) is 8.33. The van der Waals surface area contributed by atoms with Crippen LogP contribution in [0.15, 0.2) is 84.4 Å². The lowest BCUT2D eigenvalue weighted by atomic mass is 10.1. The highest BCUT2D eigenvalue weighted by molar-refractivity contribution is 7.90. The molecule has 1 aromatic carbocycles. The summed E-state index contributed by atoms with van der Waals surface area (Å²) in [6.07, 6.45) is 6.63. The van der Waals surface area contributed by atoms with Crippen molar-refractivity contribution in [3.63, 3.8) is 0 Å². The van der Waals surface area contributed by atoms with Gasteiger partial charge in [-0.2, -0.15) is 8.42 Å². The van der Waals surface area contributed by atoms with E-state index in [-0.39, 0.29) is 10.2 Å². The first kappa shape index (κ1) is 17.0. The molecular formula is C20H13ClN4O2S. The molecule has 4 heterocycles. The van der Waals surface area contributed by atoms with E-state index in [1.807, 2.05) is 24.3 Å². The first-order valence-corrected chi connectivity index (χ1v) is 10.3. The van der Waals surface area contributed by atoms with Crippen molar-refractivity contribution in [2.45, 2.75) is 5.03 Å². The summed E-state index contributed by atoms with van der Waals surface area (Å²) in [6.45, 7) is 0. The van der Waals surface area contributed by atoms with Crippen LogP contribution in [0.5, 0.6) is 0 Å². The topological polar surface area (TPSA) is 69.3 Å². The zero-order valence-electron chi connectivity index (χ0n) is 14.4. The van der Waals surface area contributed by atoms with E-state index in [1.54, 1.807) is 55.1 Å². The van der Waals surface area contributed by atoms with Gasteiger partial charge in [-0.1, -0.05) is 41.9 Å². The van der Waals surface area contributed by atoms with E-state index in [2.05, 4.69) is 9.97 Å². The third kappa shape index (κ3) is 2.44. The van der Waals surface area contributed by atoms with Gasteiger partial charge >= 0.3 is 0 Å². The van der Waals surface area contributed by atoms with E-state index in [0.29, 0.717) is 11.2 Å². The maximum Gasteiger partial charge on any atom is 0.287 e. The van der Waals surface area contributed by atoms with Crippen LogP contribution in [0.4, 0.5) is 0 Å². The molecule has 0 bridgehead atoms. The van der Waals surface area contributed by atoms with Gasteiger partial charge in [0.25, 0.3) is 10.0 Å². The van der Waals surface area contributed by atoms with Gasteiger partial charge < -0.3 is 0 Å². The predicted molar refractivity (Wildman–Crippen MR) is 108 cm³/mol. The number of benzene rings is 1. The fourth-order valence-corrected chi connectivity index (χ4v) is 5.35. The number of rotatable bonds is 3. The van der Waals surface area contributed by atoms with Crippen LogP contribution >= 0.6 is 11.6 Å². The third-order valence-electron chi connectivity index (χ3n) is 4.60. The van der Waals surface area contributed by atoms with Crippen molar-refractivity contribution in [1.82, 2.24) is 18.3 Å². The Bertz CT molecular complexity index is 1440. The molecule has 0 saturated carbocycles. The van der Waals surface area contributed by atoms with Gasteiger partial charge in [0.1, 0.15) is 5.65 Å². The van der Waals surface area contributed by atoms with E-state index in [4.69, 9.17) is 11.6 Å². The fraction of sp³-hybridized carbons (Fsp3) is 0.